The molecule has 1 aromatic rings. The molecule has 5 heteroatoms. The van der Waals surface area contributed by atoms with Crippen molar-refractivity contribution in [2.45, 2.75) is 45.8 Å². The fourth-order valence-corrected chi connectivity index (χ4v) is 2.76. The van der Waals surface area contributed by atoms with Crippen molar-refractivity contribution < 1.29 is 9.53 Å². The zero-order chi connectivity index (χ0) is 15.5. The molecule has 116 valence electrons. The van der Waals surface area contributed by atoms with Crippen LogP contribution in [0.5, 0.6) is 0 Å². The third-order valence-electron chi connectivity index (χ3n) is 4.40. The van der Waals surface area contributed by atoms with Crippen LogP contribution in [0.2, 0.25) is 0 Å². The third-order valence-corrected chi connectivity index (χ3v) is 4.40. The highest BCUT2D eigenvalue weighted by Gasteiger charge is 2.49. The van der Waals surface area contributed by atoms with Crippen molar-refractivity contribution in [3.8, 4) is 0 Å². The van der Waals surface area contributed by atoms with Gasteiger partial charge < -0.3 is 15.4 Å². The largest absolute Gasteiger partial charge is 0.383 e. The van der Waals surface area contributed by atoms with Crippen molar-refractivity contribution in [3.63, 3.8) is 0 Å². The van der Waals surface area contributed by atoms with Gasteiger partial charge in [0.1, 0.15) is 0 Å². The Morgan fingerprint density at radius 1 is 1.52 bits per heavy atom. The average molecular weight is 291 g/mol. The molecule has 0 aliphatic heterocycles. The molecule has 0 radical (unpaired) electrons. The Bertz CT molecular complexity index is 502. The lowest BCUT2D eigenvalue weighted by atomic mass is 9.64. The molecule has 1 aliphatic rings. The number of nitrogens with one attached hydrogen (secondary N) is 2. The Kier molecular flexibility index (Phi) is 4.83. The molecule has 0 aromatic carbocycles. The van der Waals surface area contributed by atoms with E-state index in [1.807, 2.05) is 0 Å². The summed E-state index contributed by atoms with van der Waals surface area (Å²) >= 11 is 0. The van der Waals surface area contributed by atoms with Crippen molar-refractivity contribution in [3.05, 3.63) is 24.0 Å². The Balaban J connectivity index is 2.04. The number of ether oxygens (including phenoxy) is 1. The van der Waals surface area contributed by atoms with Crippen LogP contribution in [0.15, 0.2) is 18.5 Å². The van der Waals surface area contributed by atoms with Crippen LogP contribution in [-0.2, 0) is 4.74 Å². The lowest BCUT2D eigenvalue weighted by molar-refractivity contribution is -0.0942. The summed E-state index contributed by atoms with van der Waals surface area (Å²) in [5, 5.41) is 6.36. The second-order valence-corrected chi connectivity index (χ2v) is 6.16. The number of methoxy groups -OCH3 is 1. The zero-order valence-electron chi connectivity index (χ0n) is 13.3. The molecule has 1 saturated carbocycles. The second-order valence-electron chi connectivity index (χ2n) is 6.16. The van der Waals surface area contributed by atoms with Gasteiger partial charge in [0.15, 0.2) is 0 Å². The van der Waals surface area contributed by atoms with Gasteiger partial charge in [-0.3, -0.25) is 9.78 Å². The average Bonchev–Trinajstić information content (AvgIpc) is 2.48. The maximum atomic E-state index is 12.5. The summed E-state index contributed by atoms with van der Waals surface area (Å²) < 4.78 is 5.42. The molecule has 1 fully saturated rings. The number of carbonyl (C=O) groups excluding carboxylic acids is 1. The van der Waals surface area contributed by atoms with Crippen LogP contribution in [0.1, 0.15) is 44.0 Å². The van der Waals surface area contributed by atoms with E-state index < -0.39 is 0 Å². The van der Waals surface area contributed by atoms with Gasteiger partial charge in [0.05, 0.1) is 23.6 Å². The molecule has 0 spiro atoms. The molecule has 2 N–H and O–H groups in total. The summed E-state index contributed by atoms with van der Waals surface area (Å²) in [5.41, 5.74) is 1.40. The number of anilines is 1. The van der Waals surface area contributed by atoms with Gasteiger partial charge in [-0.05, 0) is 18.9 Å². The van der Waals surface area contributed by atoms with Gasteiger partial charge in [-0.2, -0.15) is 0 Å². The Morgan fingerprint density at radius 2 is 2.29 bits per heavy atom. The third kappa shape index (κ3) is 3.18. The van der Waals surface area contributed by atoms with E-state index >= 15 is 0 Å². The monoisotopic (exact) mass is 291 g/mol. The van der Waals surface area contributed by atoms with Crippen molar-refractivity contribution in [2.75, 3.05) is 19.0 Å². The Morgan fingerprint density at radius 3 is 2.90 bits per heavy atom. The number of pyridine rings is 1. The van der Waals surface area contributed by atoms with Crippen molar-refractivity contribution in [1.82, 2.24) is 10.3 Å². The van der Waals surface area contributed by atoms with E-state index in [-0.39, 0.29) is 23.5 Å². The first-order chi connectivity index (χ1) is 10.0. The fraction of sp³-hybridized carbons (Fsp3) is 0.625. The predicted octanol–water partition coefficient (Wildman–Crippen LogP) is 2.45. The summed E-state index contributed by atoms with van der Waals surface area (Å²) in [5.74, 6) is -0.0522. The van der Waals surface area contributed by atoms with Gasteiger partial charge in [0.2, 0.25) is 0 Å². The molecule has 1 heterocycles. The molecule has 1 amide bonds. The lowest BCUT2D eigenvalue weighted by Gasteiger charge is -2.51. The number of amides is 1. The van der Waals surface area contributed by atoms with E-state index in [4.69, 9.17) is 4.74 Å². The summed E-state index contributed by atoms with van der Waals surface area (Å²) in [4.78, 5) is 16.6. The number of nitrogens with zero attached hydrogens (tertiary/aromatic N) is 1. The van der Waals surface area contributed by atoms with E-state index in [0.717, 1.165) is 25.1 Å². The quantitative estimate of drug-likeness (QED) is 0.845. The van der Waals surface area contributed by atoms with Crippen LogP contribution in [-0.4, -0.2) is 36.7 Å². The molecule has 1 aliphatic carbocycles. The molecular formula is C16H25N3O2. The summed E-state index contributed by atoms with van der Waals surface area (Å²) in [6.45, 7) is 7.16. The smallest absolute Gasteiger partial charge is 0.253 e. The van der Waals surface area contributed by atoms with Crippen LogP contribution in [0.3, 0.4) is 0 Å². The SMILES string of the molecule is CCCNc1cnccc1C(=O)NC1CC(OC)C1(C)C. The van der Waals surface area contributed by atoms with E-state index in [9.17, 15) is 4.79 Å². The minimum Gasteiger partial charge on any atom is -0.383 e. The number of rotatable bonds is 6. The topological polar surface area (TPSA) is 63.2 Å². The van der Waals surface area contributed by atoms with E-state index in [1.165, 1.54) is 0 Å². The van der Waals surface area contributed by atoms with Crippen LogP contribution >= 0.6 is 0 Å². The molecule has 1 aromatic heterocycles. The number of hydrogen-bond acceptors (Lipinski definition) is 4. The Labute approximate surface area is 126 Å². The van der Waals surface area contributed by atoms with Crippen molar-refractivity contribution >= 4 is 11.6 Å². The molecule has 21 heavy (non-hydrogen) atoms. The van der Waals surface area contributed by atoms with E-state index in [0.29, 0.717) is 5.56 Å². The lowest BCUT2D eigenvalue weighted by Crippen LogP contribution is -2.61. The van der Waals surface area contributed by atoms with Crippen molar-refractivity contribution in [1.29, 1.82) is 0 Å². The standard InChI is InChI=1S/C16H25N3O2/c1-5-7-18-12-10-17-8-6-11(12)15(20)19-13-9-14(21-4)16(13,2)3/h6,8,10,13-14,18H,5,7,9H2,1-4H3,(H,19,20). The van der Waals surface area contributed by atoms with Gasteiger partial charge in [-0.1, -0.05) is 20.8 Å². The molecule has 5 nitrogen and oxygen atoms in total. The first-order valence-corrected chi connectivity index (χ1v) is 7.52. The number of carbonyl (C=O) groups is 1. The van der Waals surface area contributed by atoms with Gasteiger partial charge in [-0.25, -0.2) is 0 Å². The van der Waals surface area contributed by atoms with Crippen LogP contribution < -0.4 is 10.6 Å². The number of aromatic nitrogens is 1. The van der Waals surface area contributed by atoms with Crippen LogP contribution in [0.4, 0.5) is 5.69 Å². The van der Waals surface area contributed by atoms with E-state index in [2.05, 4.69) is 36.4 Å². The summed E-state index contributed by atoms with van der Waals surface area (Å²) in [6, 6.07) is 1.90. The minimum absolute atomic E-state index is 0.0333. The van der Waals surface area contributed by atoms with Gasteiger partial charge in [0, 0.05) is 31.3 Å². The van der Waals surface area contributed by atoms with Crippen LogP contribution in [0, 0.1) is 5.41 Å². The fourth-order valence-electron chi connectivity index (χ4n) is 2.76. The van der Waals surface area contributed by atoms with E-state index in [1.54, 1.807) is 25.6 Å². The van der Waals surface area contributed by atoms with Gasteiger partial charge >= 0.3 is 0 Å². The molecule has 2 atom stereocenters. The predicted molar refractivity (Wildman–Crippen MR) is 83.5 cm³/mol. The molecule has 2 unspecified atom stereocenters. The minimum atomic E-state index is -0.0522. The highest BCUT2D eigenvalue weighted by Crippen LogP contribution is 2.42. The zero-order valence-corrected chi connectivity index (χ0v) is 13.3. The van der Waals surface area contributed by atoms with Crippen molar-refractivity contribution in [2.24, 2.45) is 5.41 Å². The van der Waals surface area contributed by atoms with Gasteiger partial charge in [0.25, 0.3) is 5.91 Å². The molecule has 0 bridgehead atoms. The van der Waals surface area contributed by atoms with Crippen LogP contribution in [0.25, 0.3) is 0 Å². The highest BCUT2D eigenvalue weighted by molar-refractivity contribution is 5.99. The first-order valence-electron chi connectivity index (χ1n) is 7.52. The maximum absolute atomic E-state index is 12.5. The second kappa shape index (κ2) is 6.43. The summed E-state index contributed by atoms with van der Waals surface area (Å²) in [7, 11) is 1.72. The number of hydrogen-bond donors (Lipinski definition) is 2. The maximum Gasteiger partial charge on any atom is 0.253 e. The highest BCUT2D eigenvalue weighted by atomic mass is 16.5. The molecule has 0 saturated heterocycles. The van der Waals surface area contributed by atoms with Gasteiger partial charge in [-0.15, -0.1) is 0 Å². The first kappa shape index (κ1) is 15.8. The normalized spacial score (nSPS) is 23.2. The summed E-state index contributed by atoms with van der Waals surface area (Å²) in [6.07, 6.45) is 5.42. The molecular weight excluding hydrogens is 266 g/mol. The molecule has 2 rings (SSSR count). The Hall–Kier alpha value is -1.62.